The second-order valence-electron chi connectivity index (χ2n) is 11.8. The lowest BCUT2D eigenvalue weighted by Crippen LogP contribution is -2.42. The molecule has 0 spiro atoms. The van der Waals surface area contributed by atoms with Crippen molar-refractivity contribution in [1.82, 2.24) is 15.0 Å². The molecule has 8 nitrogen and oxygen atoms in total. The van der Waals surface area contributed by atoms with Crippen molar-refractivity contribution in [2.45, 2.75) is 82.1 Å². The van der Waals surface area contributed by atoms with Crippen LogP contribution in [0.15, 0.2) is 36.7 Å². The van der Waals surface area contributed by atoms with Gasteiger partial charge in [0.2, 0.25) is 5.91 Å². The summed E-state index contributed by atoms with van der Waals surface area (Å²) in [6.07, 6.45) is 12.6. The van der Waals surface area contributed by atoms with E-state index >= 15 is 0 Å². The highest BCUT2D eigenvalue weighted by molar-refractivity contribution is 7.15. The highest BCUT2D eigenvalue weighted by Crippen LogP contribution is 2.44. The van der Waals surface area contributed by atoms with Gasteiger partial charge in [-0.2, -0.15) is 5.26 Å². The minimum atomic E-state index is -0.302. The van der Waals surface area contributed by atoms with Gasteiger partial charge in [-0.05, 0) is 100.0 Å². The van der Waals surface area contributed by atoms with Crippen LogP contribution in [-0.2, 0) is 4.79 Å². The van der Waals surface area contributed by atoms with E-state index in [9.17, 15) is 15.2 Å². The zero-order chi connectivity index (χ0) is 28.3. The number of anilines is 1. The Morgan fingerprint density at radius 1 is 1.05 bits per heavy atom. The predicted octanol–water partition coefficient (Wildman–Crippen LogP) is 6.22. The number of pyridine rings is 2. The van der Waals surface area contributed by atoms with Crippen LogP contribution in [0.3, 0.4) is 0 Å². The number of hydrogen-bond acceptors (Lipinski definition) is 8. The smallest absolute Gasteiger partial charge is 0.231 e. The number of aromatic nitrogens is 3. The van der Waals surface area contributed by atoms with Crippen LogP contribution in [0.2, 0.25) is 0 Å². The molecule has 0 radical (unpaired) electrons. The average Bonchev–Trinajstić information content (AvgIpc) is 3.75. The molecule has 41 heavy (non-hydrogen) atoms. The number of ether oxygens (including phenoxy) is 1. The second-order valence-corrected chi connectivity index (χ2v) is 12.9. The number of carbonyl (C=O) groups is 1. The minimum Gasteiger partial charge on any atom is -0.494 e. The van der Waals surface area contributed by atoms with Gasteiger partial charge in [-0.15, -0.1) is 11.3 Å². The lowest BCUT2D eigenvalue weighted by Gasteiger charge is -2.35. The summed E-state index contributed by atoms with van der Waals surface area (Å²) in [4.78, 5) is 31.0. The number of amides is 1. The van der Waals surface area contributed by atoms with Gasteiger partial charge >= 0.3 is 0 Å². The summed E-state index contributed by atoms with van der Waals surface area (Å²) in [5.74, 6) is 2.52. The van der Waals surface area contributed by atoms with Crippen molar-refractivity contribution in [3.8, 4) is 22.3 Å². The molecule has 3 fully saturated rings. The van der Waals surface area contributed by atoms with Gasteiger partial charge in [0, 0.05) is 42.4 Å². The highest BCUT2D eigenvalue weighted by atomic mass is 32.1. The number of thiazole rings is 1. The van der Waals surface area contributed by atoms with E-state index in [0.717, 1.165) is 41.8 Å². The Balaban J connectivity index is 1.19. The molecular formula is C32H37N5O3S. The number of nitriles is 1. The van der Waals surface area contributed by atoms with E-state index in [1.54, 1.807) is 18.4 Å². The molecule has 0 saturated heterocycles. The normalized spacial score (nSPS) is 24.4. The quantitative estimate of drug-likeness (QED) is 0.342. The van der Waals surface area contributed by atoms with Gasteiger partial charge in [0.05, 0.1) is 23.1 Å². The van der Waals surface area contributed by atoms with Crippen molar-refractivity contribution < 1.29 is 14.6 Å². The lowest BCUT2D eigenvalue weighted by atomic mass is 9.79. The van der Waals surface area contributed by atoms with Crippen LogP contribution >= 0.6 is 11.3 Å². The number of methoxy groups -OCH3 is 1. The SMILES string of the molecule is COc1ccc(C2CCC(CN(C(=O)C3CCC(O)CC3)c3cc(-c4cnc(C5CC5)s4)ccn3)CC2)nc1C#N. The van der Waals surface area contributed by atoms with E-state index < -0.39 is 0 Å². The molecule has 0 unspecified atom stereocenters. The van der Waals surface area contributed by atoms with Crippen LogP contribution in [-0.4, -0.2) is 45.7 Å². The molecule has 3 aliphatic rings. The molecule has 3 aliphatic carbocycles. The van der Waals surface area contributed by atoms with Gasteiger partial charge in [-0.3, -0.25) is 9.69 Å². The van der Waals surface area contributed by atoms with Crippen molar-refractivity contribution in [3.63, 3.8) is 0 Å². The summed E-state index contributed by atoms with van der Waals surface area (Å²) in [7, 11) is 1.55. The van der Waals surface area contributed by atoms with Crippen LogP contribution < -0.4 is 9.64 Å². The van der Waals surface area contributed by atoms with Crippen molar-refractivity contribution in [3.05, 3.63) is 53.1 Å². The molecule has 3 aromatic heterocycles. The molecule has 0 bridgehead atoms. The molecule has 0 aliphatic heterocycles. The number of hydrogen-bond donors (Lipinski definition) is 1. The number of aliphatic hydroxyl groups is 1. The van der Waals surface area contributed by atoms with Gasteiger partial charge in [0.15, 0.2) is 11.4 Å². The first-order valence-electron chi connectivity index (χ1n) is 14.9. The highest BCUT2D eigenvalue weighted by Gasteiger charge is 2.33. The minimum absolute atomic E-state index is 0.0852. The Bertz CT molecular complexity index is 1410. The first-order valence-corrected chi connectivity index (χ1v) is 15.7. The fourth-order valence-corrected chi connectivity index (χ4v) is 7.41. The second kappa shape index (κ2) is 12.3. The predicted molar refractivity (Wildman–Crippen MR) is 158 cm³/mol. The molecule has 1 amide bonds. The summed E-state index contributed by atoms with van der Waals surface area (Å²) in [5.41, 5.74) is 2.33. The summed E-state index contributed by atoms with van der Waals surface area (Å²) in [6, 6.07) is 10.0. The Morgan fingerprint density at radius 2 is 1.80 bits per heavy atom. The molecule has 6 rings (SSSR count). The molecule has 3 heterocycles. The van der Waals surface area contributed by atoms with Gasteiger partial charge < -0.3 is 9.84 Å². The average molecular weight is 572 g/mol. The van der Waals surface area contributed by atoms with Crippen LogP contribution in [0.4, 0.5) is 5.82 Å². The Kier molecular flexibility index (Phi) is 8.31. The maximum Gasteiger partial charge on any atom is 0.231 e. The van der Waals surface area contributed by atoms with Crippen molar-refractivity contribution in [1.29, 1.82) is 5.26 Å². The molecule has 3 saturated carbocycles. The van der Waals surface area contributed by atoms with E-state index in [4.69, 9.17) is 9.72 Å². The van der Waals surface area contributed by atoms with E-state index in [2.05, 4.69) is 22.1 Å². The van der Waals surface area contributed by atoms with Crippen LogP contribution in [0, 0.1) is 23.2 Å². The van der Waals surface area contributed by atoms with E-state index in [1.807, 2.05) is 35.5 Å². The van der Waals surface area contributed by atoms with Crippen molar-refractivity contribution >= 4 is 23.1 Å². The topological polar surface area (TPSA) is 112 Å². The number of nitrogens with zero attached hydrogens (tertiary/aromatic N) is 5. The third-order valence-electron chi connectivity index (χ3n) is 8.98. The molecule has 1 N–H and O–H groups in total. The van der Waals surface area contributed by atoms with Crippen molar-refractivity contribution in [2.75, 3.05) is 18.6 Å². The fraction of sp³-hybridized carbons (Fsp3) is 0.531. The first kappa shape index (κ1) is 27.8. The zero-order valence-corrected chi connectivity index (χ0v) is 24.4. The van der Waals surface area contributed by atoms with Crippen LogP contribution in [0.5, 0.6) is 5.75 Å². The summed E-state index contributed by atoms with van der Waals surface area (Å²) in [6.45, 7) is 0.635. The van der Waals surface area contributed by atoms with Gasteiger partial charge in [0.25, 0.3) is 0 Å². The third kappa shape index (κ3) is 6.29. The molecule has 0 aromatic carbocycles. The monoisotopic (exact) mass is 571 g/mol. The standard InChI is InChI=1S/C32H37N5O3S/c1-40-28-13-12-26(36-27(28)17-33)21-4-2-20(3-5-21)19-37(32(39)23-8-10-25(38)11-9-23)30-16-24(14-15-34-30)29-18-35-31(41-29)22-6-7-22/h12-16,18,20-23,25,38H,2-11,19H2,1H3. The van der Waals surface area contributed by atoms with Crippen LogP contribution in [0.1, 0.15) is 92.4 Å². The fourth-order valence-electron chi connectivity index (χ4n) is 6.33. The maximum absolute atomic E-state index is 14.0. The van der Waals surface area contributed by atoms with E-state index in [-0.39, 0.29) is 17.9 Å². The number of carbonyl (C=O) groups excluding carboxylic acids is 1. The number of rotatable bonds is 8. The van der Waals surface area contributed by atoms with Crippen molar-refractivity contribution in [2.24, 2.45) is 11.8 Å². The first-order chi connectivity index (χ1) is 20.0. The Morgan fingerprint density at radius 3 is 2.51 bits per heavy atom. The Hall–Kier alpha value is -3.35. The molecular weight excluding hydrogens is 534 g/mol. The summed E-state index contributed by atoms with van der Waals surface area (Å²) >= 11 is 1.75. The summed E-state index contributed by atoms with van der Waals surface area (Å²) < 4.78 is 5.27. The zero-order valence-electron chi connectivity index (χ0n) is 23.5. The van der Waals surface area contributed by atoms with E-state index in [0.29, 0.717) is 67.2 Å². The van der Waals surface area contributed by atoms with Gasteiger partial charge in [0.1, 0.15) is 11.9 Å². The molecule has 3 aromatic rings. The van der Waals surface area contributed by atoms with Crippen LogP contribution in [0.25, 0.3) is 10.4 Å². The molecule has 214 valence electrons. The Labute approximate surface area is 245 Å². The largest absolute Gasteiger partial charge is 0.494 e. The molecule has 0 atom stereocenters. The summed E-state index contributed by atoms with van der Waals surface area (Å²) in [5, 5.41) is 20.7. The lowest BCUT2D eigenvalue weighted by molar-refractivity contribution is -0.124. The molecule has 9 heteroatoms. The third-order valence-corrected chi connectivity index (χ3v) is 10.2. The van der Waals surface area contributed by atoms with Gasteiger partial charge in [-0.1, -0.05) is 0 Å². The van der Waals surface area contributed by atoms with Gasteiger partial charge in [-0.25, -0.2) is 15.0 Å². The number of aliphatic hydroxyl groups excluding tert-OH is 1. The van der Waals surface area contributed by atoms with E-state index in [1.165, 1.54) is 17.8 Å². The maximum atomic E-state index is 14.0.